The van der Waals surface area contributed by atoms with E-state index >= 15 is 0 Å². The molecule has 0 radical (unpaired) electrons. The molecule has 2 amide bonds. The van der Waals surface area contributed by atoms with Gasteiger partial charge in [-0.3, -0.25) is 5.32 Å². The molecule has 0 aliphatic rings. The standard InChI is InChI=1S/C15H11ClFN3O2S/c1-22-11-6-5-8(16)7-10(11)18-14(21)20-15-19-13-9(17)3-2-4-12(13)23-15/h2-7H,1H3,(H2,18,19,20,21). The molecule has 5 nitrogen and oxygen atoms in total. The van der Waals surface area contributed by atoms with Crippen molar-refractivity contribution in [3.05, 3.63) is 47.2 Å². The van der Waals surface area contributed by atoms with Gasteiger partial charge in [0.25, 0.3) is 0 Å². The van der Waals surface area contributed by atoms with Gasteiger partial charge < -0.3 is 10.1 Å². The van der Waals surface area contributed by atoms with Gasteiger partial charge in [-0.05, 0) is 30.3 Å². The SMILES string of the molecule is COc1ccc(Cl)cc1NC(=O)Nc1nc2c(F)cccc2s1. The van der Waals surface area contributed by atoms with Crippen molar-refractivity contribution in [2.24, 2.45) is 0 Å². The van der Waals surface area contributed by atoms with Crippen LogP contribution < -0.4 is 15.4 Å². The molecule has 3 aromatic rings. The number of fused-ring (bicyclic) bond motifs is 1. The number of thiazole rings is 1. The summed E-state index contributed by atoms with van der Waals surface area (Å²) in [5, 5.41) is 5.95. The lowest BCUT2D eigenvalue weighted by molar-refractivity contribution is 0.262. The molecule has 0 aliphatic heterocycles. The molecule has 2 aromatic carbocycles. The van der Waals surface area contributed by atoms with E-state index in [1.54, 1.807) is 30.3 Å². The van der Waals surface area contributed by atoms with Crippen LogP contribution in [0.5, 0.6) is 5.75 Å². The van der Waals surface area contributed by atoms with Gasteiger partial charge >= 0.3 is 6.03 Å². The summed E-state index contributed by atoms with van der Waals surface area (Å²) in [4.78, 5) is 16.1. The number of urea groups is 1. The zero-order valence-electron chi connectivity index (χ0n) is 11.9. The van der Waals surface area contributed by atoms with Crippen molar-refractivity contribution < 1.29 is 13.9 Å². The van der Waals surface area contributed by atoms with Crippen molar-refractivity contribution in [1.82, 2.24) is 4.98 Å². The van der Waals surface area contributed by atoms with Gasteiger partial charge in [0.15, 0.2) is 5.13 Å². The van der Waals surface area contributed by atoms with Crippen molar-refractivity contribution >= 4 is 50.0 Å². The largest absolute Gasteiger partial charge is 0.495 e. The highest BCUT2D eigenvalue weighted by atomic mass is 35.5. The lowest BCUT2D eigenvalue weighted by Crippen LogP contribution is -2.19. The molecular formula is C15H11ClFN3O2S. The molecule has 3 rings (SSSR count). The van der Waals surface area contributed by atoms with Gasteiger partial charge in [0.05, 0.1) is 17.5 Å². The Labute approximate surface area is 140 Å². The number of nitrogens with one attached hydrogen (secondary N) is 2. The van der Waals surface area contributed by atoms with E-state index in [9.17, 15) is 9.18 Å². The van der Waals surface area contributed by atoms with Crippen LogP contribution in [0.4, 0.5) is 20.0 Å². The van der Waals surface area contributed by atoms with E-state index in [0.29, 0.717) is 26.3 Å². The number of rotatable bonds is 3. The molecule has 0 atom stereocenters. The number of ether oxygens (including phenoxy) is 1. The van der Waals surface area contributed by atoms with Crippen molar-refractivity contribution in [2.45, 2.75) is 0 Å². The van der Waals surface area contributed by atoms with E-state index in [1.807, 2.05) is 0 Å². The maximum absolute atomic E-state index is 13.6. The zero-order chi connectivity index (χ0) is 16.4. The Bertz CT molecular complexity index is 884. The van der Waals surface area contributed by atoms with Gasteiger partial charge in [0.1, 0.15) is 17.1 Å². The van der Waals surface area contributed by atoms with Crippen molar-refractivity contribution in [3.8, 4) is 5.75 Å². The second kappa shape index (κ2) is 6.39. The number of methoxy groups -OCH3 is 1. The third-order valence-electron chi connectivity index (χ3n) is 3.00. The van der Waals surface area contributed by atoms with Crippen LogP contribution in [0.2, 0.25) is 5.02 Å². The van der Waals surface area contributed by atoms with E-state index in [4.69, 9.17) is 16.3 Å². The molecule has 0 aliphatic carbocycles. The Morgan fingerprint density at radius 1 is 1.30 bits per heavy atom. The summed E-state index contributed by atoms with van der Waals surface area (Å²) in [5.41, 5.74) is 0.651. The number of carbonyl (C=O) groups excluding carboxylic acids is 1. The maximum atomic E-state index is 13.6. The Morgan fingerprint density at radius 3 is 2.87 bits per heavy atom. The Balaban J connectivity index is 1.78. The van der Waals surface area contributed by atoms with Crippen LogP contribution in [0.1, 0.15) is 0 Å². The predicted octanol–water partition coefficient (Wildman–Crippen LogP) is 4.74. The Kier molecular flexibility index (Phi) is 4.31. The molecule has 23 heavy (non-hydrogen) atoms. The first kappa shape index (κ1) is 15.5. The summed E-state index contributed by atoms with van der Waals surface area (Å²) in [5.74, 6) is 0.0450. The average Bonchev–Trinajstić information content (AvgIpc) is 2.91. The minimum absolute atomic E-state index is 0.230. The van der Waals surface area contributed by atoms with Crippen LogP contribution in [0.15, 0.2) is 36.4 Å². The number of hydrogen-bond acceptors (Lipinski definition) is 4. The van der Waals surface area contributed by atoms with Crippen LogP contribution in [0.3, 0.4) is 0 Å². The number of nitrogens with zero attached hydrogens (tertiary/aromatic N) is 1. The fourth-order valence-corrected chi connectivity index (χ4v) is 3.04. The summed E-state index contributed by atoms with van der Waals surface area (Å²) in [7, 11) is 1.49. The normalized spacial score (nSPS) is 10.6. The summed E-state index contributed by atoms with van der Waals surface area (Å²) in [6.07, 6.45) is 0. The van der Waals surface area contributed by atoms with Gasteiger partial charge in [0, 0.05) is 5.02 Å². The molecule has 1 aromatic heterocycles. The first-order chi connectivity index (χ1) is 11.1. The highest BCUT2D eigenvalue weighted by Gasteiger charge is 2.12. The van der Waals surface area contributed by atoms with E-state index in [0.717, 1.165) is 0 Å². The van der Waals surface area contributed by atoms with Crippen molar-refractivity contribution in [2.75, 3.05) is 17.7 Å². The van der Waals surface area contributed by atoms with Gasteiger partial charge in [-0.15, -0.1) is 0 Å². The van der Waals surface area contributed by atoms with Gasteiger partial charge in [0.2, 0.25) is 0 Å². The number of amides is 2. The summed E-state index contributed by atoms with van der Waals surface area (Å²) >= 11 is 7.09. The highest BCUT2D eigenvalue weighted by molar-refractivity contribution is 7.22. The summed E-state index contributed by atoms with van der Waals surface area (Å²) < 4.78 is 19.4. The first-order valence-corrected chi connectivity index (χ1v) is 7.73. The van der Waals surface area contributed by atoms with Crippen molar-refractivity contribution in [1.29, 1.82) is 0 Å². The number of hydrogen-bond donors (Lipinski definition) is 2. The predicted molar refractivity (Wildman–Crippen MR) is 90.2 cm³/mol. The van der Waals surface area contributed by atoms with E-state index in [2.05, 4.69) is 15.6 Å². The van der Waals surface area contributed by atoms with Crippen LogP contribution >= 0.6 is 22.9 Å². The zero-order valence-corrected chi connectivity index (χ0v) is 13.5. The second-order valence-electron chi connectivity index (χ2n) is 4.53. The molecule has 0 spiro atoms. The van der Waals surface area contributed by atoms with Crippen LogP contribution in [-0.2, 0) is 0 Å². The molecule has 0 saturated heterocycles. The molecule has 0 saturated carbocycles. The molecular weight excluding hydrogens is 341 g/mol. The van der Waals surface area contributed by atoms with E-state index in [1.165, 1.54) is 24.5 Å². The van der Waals surface area contributed by atoms with Crippen LogP contribution in [0.25, 0.3) is 10.2 Å². The monoisotopic (exact) mass is 351 g/mol. The lowest BCUT2D eigenvalue weighted by Gasteiger charge is -2.10. The van der Waals surface area contributed by atoms with Gasteiger partial charge in [-0.1, -0.05) is 29.0 Å². The second-order valence-corrected chi connectivity index (χ2v) is 6.00. The molecule has 2 N–H and O–H groups in total. The van der Waals surface area contributed by atoms with Crippen molar-refractivity contribution in [3.63, 3.8) is 0 Å². The third-order valence-corrected chi connectivity index (χ3v) is 4.17. The number of anilines is 2. The molecule has 0 fully saturated rings. The maximum Gasteiger partial charge on any atom is 0.325 e. The lowest BCUT2D eigenvalue weighted by atomic mass is 10.3. The minimum Gasteiger partial charge on any atom is -0.495 e. The average molecular weight is 352 g/mol. The number of carbonyl (C=O) groups is 1. The summed E-state index contributed by atoms with van der Waals surface area (Å²) in [6, 6.07) is 8.99. The Hall–Kier alpha value is -2.38. The molecule has 8 heteroatoms. The molecule has 0 bridgehead atoms. The molecule has 118 valence electrons. The first-order valence-electron chi connectivity index (χ1n) is 6.53. The van der Waals surface area contributed by atoms with E-state index < -0.39 is 11.8 Å². The fourth-order valence-electron chi connectivity index (χ4n) is 2.00. The smallest absolute Gasteiger partial charge is 0.325 e. The van der Waals surface area contributed by atoms with Gasteiger partial charge in [-0.25, -0.2) is 14.2 Å². The number of benzene rings is 2. The molecule has 1 heterocycles. The van der Waals surface area contributed by atoms with E-state index in [-0.39, 0.29) is 5.52 Å². The molecule has 0 unspecified atom stereocenters. The number of para-hydroxylation sites is 1. The number of aromatic nitrogens is 1. The van der Waals surface area contributed by atoms with Crippen LogP contribution in [-0.4, -0.2) is 18.1 Å². The van der Waals surface area contributed by atoms with Gasteiger partial charge in [-0.2, -0.15) is 0 Å². The topological polar surface area (TPSA) is 63.2 Å². The number of halogens is 2. The highest BCUT2D eigenvalue weighted by Crippen LogP contribution is 2.29. The minimum atomic E-state index is -0.523. The van der Waals surface area contributed by atoms with Crippen LogP contribution in [0, 0.1) is 5.82 Å². The third kappa shape index (κ3) is 3.35. The fraction of sp³-hybridized carbons (Fsp3) is 0.0667. The summed E-state index contributed by atoms with van der Waals surface area (Å²) in [6.45, 7) is 0. The quantitative estimate of drug-likeness (QED) is 0.716. The Morgan fingerprint density at radius 2 is 2.13 bits per heavy atom.